The van der Waals surface area contributed by atoms with Crippen LogP contribution in [-0.2, 0) is 0 Å². The van der Waals surface area contributed by atoms with Gasteiger partial charge in [0.05, 0.1) is 0 Å². The molecule has 0 radical (unpaired) electrons. The predicted octanol–water partition coefficient (Wildman–Crippen LogP) is 2.01. The van der Waals surface area contributed by atoms with Crippen molar-refractivity contribution in [2.45, 2.75) is 6.92 Å². The second kappa shape index (κ2) is 5.59. The Morgan fingerprint density at radius 1 is 1.15 bits per heavy atom. The smallest absolute Gasteiger partial charge is 0.272 e. The summed E-state index contributed by atoms with van der Waals surface area (Å²) in [5.74, 6) is 0.0477. The molecule has 0 unspecified atom stereocenters. The molecule has 4 heteroatoms. The number of benzene rings is 1. The fraction of sp³-hybridized carbons (Fsp3) is 0.375. The van der Waals surface area contributed by atoms with E-state index in [0.29, 0.717) is 5.69 Å². The predicted molar refractivity (Wildman–Crippen MR) is 79.8 cm³/mol. The van der Waals surface area contributed by atoms with Crippen LogP contribution < -0.4 is 0 Å². The standard InChI is InChI=1S/C16H19N3O/c1-2-18-7-9-19(10-8-18)16(20)15-11-13-5-3-4-6-14(13)12-17-15/h3-6,11-12H,2,7-10H2,1H3. The van der Waals surface area contributed by atoms with Crippen LogP contribution in [0.3, 0.4) is 0 Å². The van der Waals surface area contributed by atoms with Crippen LogP contribution in [0.25, 0.3) is 10.8 Å². The maximum absolute atomic E-state index is 12.5. The largest absolute Gasteiger partial charge is 0.335 e. The van der Waals surface area contributed by atoms with Crippen LogP contribution in [0.4, 0.5) is 0 Å². The van der Waals surface area contributed by atoms with Gasteiger partial charge in [-0.1, -0.05) is 31.2 Å². The summed E-state index contributed by atoms with van der Waals surface area (Å²) in [6.07, 6.45) is 1.78. The van der Waals surface area contributed by atoms with Crippen molar-refractivity contribution in [2.24, 2.45) is 0 Å². The Kier molecular flexibility index (Phi) is 3.65. The molecule has 0 N–H and O–H groups in total. The number of carbonyl (C=O) groups excluding carboxylic acids is 1. The molecule has 1 aliphatic heterocycles. The van der Waals surface area contributed by atoms with Crippen LogP contribution in [-0.4, -0.2) is 53.4 Å². The van der Waals surface area contributed by atoms with Gasteiger partial charge < -0.3 is 9.80 Å². The number of likely N-dealkylation sites (N-methyl/N-ethyl adjacent to an activating group) is 1. The third kappa shape index (κ3) is 2.51. The average Bonchev–Trinajstić information content (AvgIpc) is 2.54. The van der Waals surface area contributed by atoms with Crippen molar-refractivity contribution in [3.05, 3.63) is 42.2 Å². The Labute approximate surface area is 119 Å². The van der Waals surface area contributed by atoms with Crippen molar-refractivity contribution in [1.82, 2.24) is 14.8 Å². The molecule has 3 rings (SSSR count). The van der Waals surface area contributed by atoms with Crippen molar-refractivity contribution in [2.75, 3.05) is 32.7 Å². The highest BCUT2D eigenvalue weighted by Crippen LogP contribution is 2.15. The van der Waals surface area contributed by atoms with Gasteiger partial charge in [0.2, 0.25) is 0 Å². The van der Waals surface area contributed by atoms with Crippen LogP contribution in [0.15, 0.2) is 36.5 Å². The first-order valence-corrected chi connectivity index (χ1v) is 7.14. The van der Waals surface area contributed by atoms with Crippen molar-refractivity contribution >= 4 is 16.7 Å². The van der Waals surface area contributed by atoms with E-state index in [1.165, 1.54) is 0 Å². The van der Waals surface area contributed by atoms with Gasteiger partial charge in [-0.05, 0) is 18.0 Å². The van der Waals surface area contributed by atoms with Crippen LogP contribution >= 0.6 is 0 Å². The lowest BCUT2D eigenvalue weighted by Crippen LogP contribution is -2.48. The monoisotopic (exact) mass is 269 g/mol. The maximum atomic E-state index is 12.5. The molecule has 0 bridgehead atoms. The first-order valence-electron chi connectivity index (χ1n) is 7.14. The van der Waals surface area contributed by atoms with E-state index in [4.69, 9.17) is 0 Å². The SMILES string of the molecule is CCN1CCN(C(=O)c2cc3ccccc3cn2)CC1. The first-order chi connectivity index (χ1) is 9.78. The summed E-state index contributed by atoms with van der Waals surface area (Å²) in [5, 5.41) is 2.14. The summed E-state index contributed by atoms with van der Waals surface area (Å²) in [4.78, 5) is 21.1. The number of nitrogens with zero attached hydrogens (tertiary/aromatic N) is 3. The third-order valence-corrected chi connectivity index (χ3v) is 3.96. The third-order valence-electron chi connectivity index (χ3n) is 3.96. The average molecular weight is 269 g/mol. The minimum Gasteiger partial charge on any atom is -0.335 e. The zero-order valence-corrected chi connectivity index (χ0v) is 11.7. The number of piperazine rings is 1. The van der Waals surface area contributed by atoms with Crippen LogP contribution in [0, 0.1) is 0 Å². The van der Waals surface area contributed by atoms with E-state index in [-0.39, 0.29) is 5.91 Å². The number of aromatic nitrogens is 1. The zero-order valence-electron chi connectivity index (χ0n) is 11.7. The molecule has 1 fully saturated rings. The summed E-state index contributed by atoms with van der Waals surface area (Å²) in [7, 11) is 0. The van der Waals surface area contributed by atoms with Gasteiger partial charge in [-0.3, -0.25) is 9.78 Å². The maximum Gasteiger partial charge on any atom is 0.272 e. The normalized spacial score (nSPS) is 16.6. The van der Waals surface area contributed by atoms with Gasteiger partial charge in [-0.15, -0.1) is 0 Å². The number of pyridine rings is 1. The molecular formula is C16H19N3O. The molecule has 1 aromatic heterocycles. The van der Waals surface area contributed by atoms with Crippen LogP contribution in [0.1, 0.15) is 17.4 Å². The Morgan fingerprint density at radius 3 is 2.55 bits per heavy atom. The Hall–Kier alpha value is -1.94. The second-order valence-electron chi connectivity index (χ2n) is 5.14. The van der Waals surface area contributed by atoms with E-state index in [9.17, 15) is 4.79 Å². The minimum atomic E-state index is 0.0477. The van der Waals surface area contributed by atoms with Crippen molar-refractivity contribution in [3.8, 4) is 0 Å². The molecule has 1 aromatic carbocycles. The van der Waals surface area contributed by atoms with E-state index in [0.717, 1.165) is 43.5 Å². The Balaban J connectivity index is 1.79. The highest BCUT2D eigenvalue weighted by Gasteiger charge is 2.22. The Morgan fingerprint density at radius 2 is 1.85 bits per heavy atom. The summed E-state index contributed by atoms with van der Waals surface area (Å²) < 4.78 is 0. The first kappa shape index (κ1) is 13.1. The van der Waals surface area contributed by atoms with Crippen LogP contribution in [0.2, 0.25) is 0 Å². The molecule has 104 valence electrons. The molecule has 0 atom stereocenters. The number of rotatable bonds is 2. The summed E-state index contributed by atoms with van der Waals surface area (Å²) >= 11 is 0. The Bertz CT molecular complexity index is 618. The van der Waals surface area contributed by atoms with Crippen molar-refractivity contribution in [3.63, 3.8) is 0 Å². The molecule has 20 heavy (non-hydrogen) atoms. The lowest BCUT2D eigenvalue weighted by atomic mass is 10.1. The molecule has 1 amide bonds. The van der Waals surface area contributed by atoms with Gasteiger partial charge in [0.25, 0.3) is 5.91 Å². The van der Waals surface area contributed by atoms with E-state index in [1.54, 1.807) is 6.20 Å². The molecule has 1 saturated heterocycles. The second-order valence-corrected chi connectivity index (χ2v) is 5.14. The molecular weight excluding hydrogens is 250 g/mol. The van der Waals surface area contributed by atoms with Gasteiger partial charge in [0, 0.05) is 37.8 Å². The van der Waals surface area contributed by atoms with E-state index in [1.807, 2.05) is 35.2 Å². The van der Waals surface area contributed by atoms with Gasteiger partial charge in [-0.2, -0.15) is 0 Å². The van der Waals surface area contributed by atoms with Gasteiger partial charge in [-0.25, -0.2) is 0 Å². The number of amides is 1. The number of hydrogen-bond acceptors (Lipinski definition) is 3. The molecule has 4 nitrogen and oxygen atoms in total. The lowest BCUT2D eigenvalue weighted by Gasteiger charge is -2.33. The van der Waals surface area contributed by atoms with Crippen LogP contribution in [0.5, 0.6) is 0 Å². The minimum absolute atomic E-state index is 0.0477. The van der Waals surface area contributed by atoms with Gasteiger partial charge in [0.15, 0.2) is 0 Å². The van der Waals surface area contributed by atoms with Gasteiger partial charge >= 0.3 is 0 Å². The van der Waals surface area contributed by atoms with E-state index >= 15 is 0 Å². The summed E-state index contributed by atoms with van der Waals surface area (Å²) in [6.45, 7) is 6.70. The van der Waals surface area contributed by atoms with Crippen molar-refractivity contribution < 1.29 is 4.79 Å². The van der Waals surface area contributed by atoms with E-state index in [2.05, 4.69) is 16.8 Å². The number of carbonyl (C=O) groups is 1. The van der Waals surface area contributed by atoms with E-state index < -0.39 is 0 Å². The fourth-order valence-electron chi connectivity index (χ4n) is 2.63. The van der Waals surface area contributed by atoms with Gasteiger partial charge in [0.1, 0.15) is 5.69 Å². The molecule has 2 heterocycles. The highest BCUT2D eigenvalue weighted by molar-refractivity contribution is 5.96. The molecule has 0 saturated carbocycles. The summed E-state index contributed by atoms with van der Waals surface area (Å²) in [5.41, 5.74) is 0.550. The number of fused-ring (bicyclic) bond motifs is 1. The topological polar surface area (TPSA) is 36.4 Å². The fourth-order valence-corrected chi connectivity index (χ4v) is 2.63. The molecule has 0 aliphatic carbocycles. The molecule has 1 aliphatic rings. The van der Waals surface area contributed by atoms with Crippen molar-refractivity contribution in [1.29, 1.82) is 0 Å². The zero-order chi connectivity index (χ0) is 13.9. The molecule has 0 spiro atoms. The number of hydrogen-bond donors (Lipinski definition) is 0. The quantitative estimate of drug-likeness (QED) is 0.837. The highest BCUT2D eigenvalue weighted by atomic mass is 16.2. The summed E-state index contributed by atoms with van der Waals surface area (Å²) in [6, 6.07) is 9.88. The molecule has 2 aromatic rings. The lowest BCUT2D eigenvalue weighted by molar-refractivity contribution is 0.0638.